The normalized spacial score (nSPS) is 10.3. The highest BCUT2D eigenvalue weighted by Crippen LogP contribution is 2.21. The topological polar surface area (TPSA) is 86.6 Å². The molecule has 0 aliphatic heterocycles. The van der Waals surface area contributed by atoms with Crippen molar-refractivity contribution in [2.75, 3.05) is 0 Å². The molecule has 0 aromatic heterocycles. The Labute approximate surface area is 127 Å². The van der Waals surface area contributed by atoms with Crippen LogP contribution in [0.3, 0.4) is 0 Å². The third kappa shape index (κ3) is 3.44. The molecule has 2 rings (SSSR count). The molecule has 114 valence electrons. The predicted molar refractivity (Wildman–Crippen MR) is 83.1 cm³/mol. The van der Waals surface area contributed by atoms with Gasteiger partial charge >= 0.3 is 0 Å². The molecule has 0 fully saturated rings. The minimum absolute atomic E-state index is 0.141. The van der Waals surface area contributed by atoms with Crippen LogP contribution >= 0.6 is 0 Å². The Morgan fingerprint density at radius 1 is 1.09 bits per heavy atom. The molecule has 0 bridgehead atoms. The van der Waals surface area contributed by atoms with Crippen LogP contribution < -0.4 is 10.7 Å². The van der Waals surface area contributed by atoms with Gasteiger partial charge in [0.1, 0.15) is 0 Å². The van der Waals surface area contributed by atoms with Crippen LogP contribution in [0.25, 0.3) is 0 Å². The second kappa shape index (κ2) is 6.30. The summed E-state index contributed by atoms with van der Waals surface area (Å²) in [6.45, 7) is 3.88. The van der Waals surface area contributed by atoms with E-state index >= 15 is 0 Å². The molecule has 0 saturated heterocycles. The van der Waals surface area contributed by atoms with Gasteiger partial charge in [-0.15, -0.1) is 0 Å². The molecule has 3 N–H and O–H groups in total. The van der Waals surface area contributed by atoms with Gasteiger partial charge in [-0.05, 0) is 37.1 Å². The Kier molecular flexibility index (Phi) is 4.46. The maximum atomic E-state index is 12.2. The second-order valence-corrected chi connectivity index (χ2v) is 5.15. The summed E-state index contributed by atoms with van der Waals surface area (Å²) in [5, 5.41) is 21.8. The van der Waals surface area contributed by atoms with Crippen LogP contribution in [0.4, 0.5) is 0 Å². The summed E-state index contributed by atoms with van der Waals surface area (Å²) in [5.41, 5.74) is 1.86. The Bertz CT molecular complexity index is 767. The summed E-state index contributed by atoms with van der Waals surface area (Å²) in [6, 6.07) is 9.93. The van der Waals surface area contributed by atoms with Crippen LogP contribution in [0.15, 0.2) is 41.2 Å². The third-order valence-corrected chi connectivity index (χ3v) is 3.35. The van der Waals surface area contributed by atoms with Crippen molar-refractivity contribution in [3.05, 3.63) is 68.9 Å². The maximum Gasteiger partial charge on any atom is 0.251 e. The number of carbonyl (C=O) groups is 1. The zero-order valence-corrected chi connectivity index (χ0v) is 12.4. The average molecular weight is 299 g/mol. The van der Waals surface area contributed by atoms with Gasteiger partial charge < -0.3 is 15.5 Å². The molecule has 22 heavy (non-hydrogen) atoms. The van der Waals surface area contributed by atoms with E-state index in [0.29, 0.717) is 12.1 Å². The van der Waals surface area contributed by atoms with Gasteiger partial charge in [-0.3, -0.25) is 9.59 Å². The highest BCUT2D eigenvalue weighted by atomic mass is 16.3. The van der Waals surface area contributed by atoms with E-state index in [9.17, 15) is 19.8 Å². The van der Waals surface area contributed by atoms with Crippen LogP contribution in [-0.4, -0.2) is 16.1 Å². The molecule has 0 unspecified atom stereocenters. The molecular formula is C17H17NO4. The Balaban J connectivity index is 2.23. The summed E-state index contributed by atoms with van der Waals surface area (Å²) >= 11 is 0. The summed E-state index contributed by atoms with van der Waals surface area (Å²) in [4.78, 5) is 23.7. The molecule has 0 heterocycles. The van der Waals surface area contributed by atoms with E-state index in [0.717, 1.165) is 23.3 Å². The number of hydrogen-bond acceptors (Lipinski definition) is 4. The lowest BCUT2D eigenvalue weighted by Crippen LogP contribution is -2.23. The van der Waals surface area contributed by atoms with Crippen molar-refractivity contribution < 1.29 is 15.0 Å². The van der Waals surface area contributed by atoms with Gasteiger partial charge in [-0.2, -0.15) is 0 Å². The van der Waals surface area contributed by atoms with Crippen LogP contribution in [0.1, 0.15) is 27.0 Å². The lowest BCUT2D eigenvalue weighted by Gasteiger charge is -2.06. The van der Waals surface area contributed by atoms with Gasteiger partial charge in [0.15, 0.2) is 5.75 Å². The molecule has 0 aliphatic carbocycles. The molecule has 1 amide bonds. The highest BCUT2D eigenvalue weighted by Gasteiger charge is 2.12. The van der Waals surface area contributed by atoms with Gasteiger partial charge in [0.05, 0.1) is 0 Å². The average Bonchev–Trinajstić information content (AvgIpc) is 2.58. The van der Waals surface area contributed by atoms with Gasteiger partial charge in [0, 0.05) is 12.1 Å². The number of aromatic hydroxyl groups is 2. The first-order chi connectivity index (χ1) is 10.4. The van der Waals surface area contributed by atoms with Gasteiger partial charge in [0.2, 0.25) is 11.2 Å². The summed E-state index contributed by atoms with van der Waals surface area (Å²) in [5.74, 6) is -1.80. The number of amides is 1. The minimum Gasteiger partial charge on any atom is -0.504 e. The van der Waals surface area contributed by atoms with Crippen LogP contribution in [0.2, 0.25) is 0 Å². The van der Waals surface area contributed by atoms with Crippen molar-refractivity contribution >= 4 is 5.91 Å². The summed E-state index contributed by atoms with van der Waals surface area (Å²) < 4.78 is 0. The molecule has 2 aromatic carbocycles. The van der Waals surface area contributed by atoms with Crippen LogP contribution in [0.5, 0.6) is 11.5 Å². The Morgan fingerprint density at radius 2 is 1.73 bits per heavy atom. The Hall–Kier alpha value is -2.82. The third-order valence-electron chi connectivity index (χ3n) is 3.35. The Morgan fingerprint density at radius 3 is 2.36 bits per heavy atom. The molecule has 2 aromatic rings. The molecule has 0 saturated carbocycles. The number of aryl methyl sites for hydroxylation is 2. The van der Waals surface area contributed by atoms with E-state index in [1.807, 2.05) is 31.2 Å². The van der Waals surface area contributed by atoms with Gasteiger partial charge in [0.25, 0.3) is 5.91 Å². The molecule has 5 nitrogen and oxygen atoms in total. The van der Waals surface area contributed by atoms with Gasteiger partial charge in [-0.1, -0.05) is 29.8 Å². The van der Waals surface area contributed by atoms with Crippen molar-refractivity contribution in [2.45, 2.75) is 20.4 Å². The van der Waals surface area contributed by atoms with Crippen molar-refractivity contribution in [1.29, 1.82) is 0 Å². The molecule has 0 spiro atoms. The zero-order chi connectivity index (χ0) is 16.3. The van der Waals surface area contributed by atoms with Crippen LogP contribution in [0, 0.1) is 13.8 Å². The van der Waals surface area contributed by atoms with E-state index in [2.05, 4.69) is 5.32 Å². The molecule has 0 radical (unpaired) electrons. The molecule has 0 atom stereocenters. The predicted octanol–water partition coefficient (Wildman–Crippen LogP) is 2.00. The molecule has 0 aliphatic rings. The maximum absolute atomic E-state index is 12.2. The van der Waals surface area contributed by atoms with Crippen molar-refractivity contribution in [1.82, 2.24) is 5.32 Å². The fraction of sp³-hybridized carbons (Fsp3) is 0.176. The van der Waals surface area contributed by atoms with E-state index < -0.39 is 22.8 Å². The summed E-state index contributed by atoms with van der Waals surface area (Å²) in [7, 11) is 0. The zero-order valence-electron chi connectivity index (χ0n) is 12.4. The largest absolute Gasteiger partial charge is 0.504 e. The van der Waals surface area contributed by atoms with Crippen LogP contribution in [-0.2, 0) is 6.54 Å². The monoisotopic (exact) mass is 299 g/mol. The van der Waals surface area contributed by atoms with E-state index in [1.54, 1.807) is 6.92 Å². The quantitative estimate of drug-likeness (QED) is 0.809. The van der Waals surface area contributed by atoms with Gasteiger partial charge in [-0.25, -0.2) is 0 Å². The lowest BCUT2D eigenvalue weighted by atomic mass is 10.1. The van der Waals surface area contributed by atoms with E-state index in [1.165, 1.54) is 0 Å². The smallest absolute Gasteiger partial charge is 0.251 e. The van der Waals surface area contributed by atoms with E-state index in [-0.39, 0.29) is 5.56 Å². The lowest BCUT2D eigenvalue weighted by molar-refractivity contribution is 0.0950. The standard InChI is InChI=1S/C17H17NO4/c1-10-3-5-12(6-4-10)9-18-17(22)13-8-15(20)16(21)14(19)7-11(13)2/h3-8H,9H2,1-2H3,(H,18,22)(H2,19,20,21). The number of rotatable bonds is 3. The second-order valence-electron chi connectivity index (χ2n) is 5.15. The minimum atomic E-state index is -0.763. The molecule has 5 heteroatoms. The van der Waals surface area contributed by atoms with Crippen molar-refractivity contribution in [3.8, 4) is 11.5 Å². The first-order valence-corrected chi connectivity index (χ1v) is 6.79. The number of carbonyl (C=O) groups excluding carboxylic acids is 1. The molecular weight excluding hydrogens is 282 g/mol. The fourth-order valence-electron chi connectivity index (χ4n) is 2.02. The fourth-order valence-corrected chi connectivity index (χ4v) is 2.02. The number of hydrogen-bond donors (Lipinski definition) is 3. The first kappa shape index (κ1) is 15.6. The van der Waals surface area contributed by atoms with E-state index in [4.69, 9.17) is 0 Å². The summed E-state index contributed by atoms with van der Waals surface area (Å²) in [6.07, 6.45) is 0. The van der Waals surface area contributed by atoms with Crippen molar-refractivity contribution in [3.63, 3.8) is 0 Å². The first-order valence-electron chi connectivity index (χ1n) is 6.79. The SMILES string of the molecule is Cc1ccc(CNC(=O)c2cc(O)c(O)c(=O)cc2C)cc1. The number of benzene rings is 1. The van der Waals surface area contributed by atoms with Crippen molar-refractivity contribution in [2.24, 2.45) is 0 Å². The highest BCUT2D eigenvalue weighted by molar-refractivity contribution is 5.95. The number of nitrogens with one attached hydrogen (secondary N) is 1.